The van der Waals surface area contributed by atoms with Crippen LogP contribution in [0, 0.1) is 6.92 Å². The second-order valence-electron chi connectivity index (χ2n) is 4.85. The van der Waals surface area contributed by atoms with Gasteiger partial charge < -0.3 is 10.6 Å². The molecule has 21 heavy (non-hydrogen) atoms. The number of hydrogen-bond donors (Lipinski definition) is 2. The molecule has 0 radical (unpaired) electrons. The highest BCUT2D eigenvalue weighted by Crippen LogP contribution is 2.20. The molecule has 1 amide bonds. The maximum absolute atomic E-state index is 12.5. The number of nitrogens with one attached hydrogen (secondary N) is 2. The lowest BCUT2D eigenvalue weighted by Gasteiger charge is -2.12. The first-order valence-electron chi connectivity index (χ1n) is 6.98. The third-order valence-corrected chi connectivity index (χ3v) is 3.77. The summed E-state index contributed by atoms with van der Waals surface area (Å²) in [4.78, 5) is 12.5. The lowest BCUT2D eigenvalue weighted by atomic mass is 10.1. The Kier molecular flexibility index (Phi) is 5.53. The number of benzene rings is 2. The van der Waals surface area contributed by atoms with E-state index in [4.69, 9.17) is 0 Å². The highest BCUT2D eigenvalue weighted by Gasteiger charge is 2.11. The summed E-state index contributed by atoms with van der Waals surface area (Å²) in [6, 6.07) is 13.6. The predicted molar refractivity (Wildman–Crippen MR) is 90.7 cm³/mol. The summed E-state index contributed by atoms with van der Waals surface area (Å²) in [6.45, 7) is 5.63. The fourth-order valence-corrected chi connectivity index (χ4v) is 2.45. The van der Waals surface area contributed by atoms with Gasteiger partial charge >= 0.3 is 0 Å². The minimum Gasteiger partial charge on any atom is -0.322 e. The summed E-state index contributed by atoms with van der Waals surface area (Å²) in [5.41, 5.74) is 3.57. The maximum atomic E-state index is 12.5. The van der Waals surface area contributed by atoms with Gasteiger partial charge in [-0.25, -0.2) is 0 Å². The second-order valence-corrected chi connectivity index (χ2v) is 5.77. The molecule has 110 valence electrons. The molecule has 0 spiro atoms. The predicted octanol–water partition coefficient (Wildman–Crippen LogP) is 4.12. The summed E-state index contributed by atoms with van der Waals surface area (Å²) in [5.74, 6) is -0.0854. The number of carbonyl (C=O) groups excluding carboxylic acids is 1. The van der Waals surface area contributed by atoms with Gasteiger partial charge in [0.15, 0.2) is 0 Å². The maximum Gasteiger partial charge on any atom is 0.255 e. The van der Waals surface area contributed by atoms with Crippen molar-refractivity contribution in [1.82, 2.24) is 5.32 Å². The van der Waals surface area contributed by atoms with Crippen LogP contribution in [0.25, 0.3) is 0 Å². The van der Waals surface area contributed by atoms with Gasteiger partial charge in [-0.15, -0.1) is 0 Å². The molecule has 2 rings (SSSR count). The third kappa shape index (κ3) is 4.16. The average Bonchev–Trinajstić information content (AvgIpc) is 2.48. The molecule has 2 N–H and O–H groups in total. The van der Waals surface area contributed by atoms with Crippen LogP contribution < -0.4 is 10.6 Å². The summed E-state index contributed by atoms with van der Waals surface area (Å²) in [6.07, 6.45) is 0. The average molecular weight is 347 g/mol. The molecule has 0 heterocycles. The lowest BCUT2D eigenvalue weighted by Crippen LogP contribution is -2.17. The minimum absolute atomic E-state index is 0.0854. The number of rotatable bonds is 5. The zero-order valence-electron chi connectivity index (χ0n) is 12.2. The van der Waals surface area contributed by atoms with E-state index in [1.54, 1.807) is 0 Å². The lowest BCUT2D eigenvalue weighted by molar-refractivity contribution is 0.102. The van der Waals surface area contributed by atoms with Gasteiger partial charge in [0.2, 0.25) is 0 Å². The molecule has 2 aromatic carbocycles. The Labute approximate surface area is 133 Å². The van der Waals surface area contributed by atoms with Crippen molar-refractivity contribution in [3.05, 3.63) is 63.6 Å². The number of para-hydroxylation sites is 1. The van der Waals surface area contributed by atoms with E-state index in [-0.39, 0.29) is 5.91 Å². The third-order valence-electron chi connectivity index (χ3n) is 3.28. The van der Waals surface area contributed by atoms with E-state index in [9.17, 15) is 4.79 Å². The Bertz CT molecular complexity index is 640. The Morgan fingerprint density at radius 2 is 1.95 bits per heavy atom. The van der Waals surface area contributed by atoms with Crippen LogP contribution in [-0.4, -0.2) is 12.5 Å². The van der Waals surface area contributed by atoms with E-state index in [1.807, 2.05) is 49.4 Å². The standard InChI is InChI=1S/C17H19BrN2O/c1-3-19-11-13-6-4-5-7-16(13)20-17(21)15-10-14(18)9-8-12(15)2/h4-10,19H,3,11H2,1-2H3,(H,20,21). The number of hydrogen-bond acceptors (Lipinski definition) is 2. The first kappa shape index (κ1) is 15.7. The molecule has 0 fully saturated rings. The molecule has 0 unspecified atom stereocenters. The first-order valence-corrected chi connectivity index (χ1v) is 7.77. The zero-order valence-corrected chi connectivity index (χ0v) is 13.8. The number of carbonyl (C=O) groups is 1. The monoisotopic (exact) mass is 346 g/mol. The number of anilines is 1. The molecule has 0 aromatic heterocycles. The Morgan fingerprint density at radius 1 is 1.19 bits per heavy atom. The molecule has 0 aliphatic carbocycles. The van der Waals surface area contributed by atoms with Crippen LogP contribution in [0.15, 0.2) is 46.9 Å². The second kappa shape index (κ2) is 7.38. The van der Waals surface area contributed by atoms with Crippen LogP contribution in [0.2, 0.25) is 0 Å². The summed E-state index contributed by atoms with van der Waals surface area (Å²) < 4.78 is 0.902. The van der Waals surface area contributed by atoms with Crippen molar-refractivity contribution in [3.63, 3.8) is 0 Å². The van der Waals surface area contributed by atoms with Crippen LogP contribution in [0.3, 0.4) is 0 Å². The molecule has 0 saturated carbocycles. The van der Waals surface area contributed by atoms with Gasteiger partial charge in [-0.3, -0.25) is 4.79 Å². The topological polar surface area (TPSA) is 41.1 Å². The van der Waals surface area contributed by atoms with Crippen molar-refractivity contribution in [2.24, 2.45) is 0 Å². The highest BCUT2D eigenvalue weighted by molar-refractivity contribution is 9.10. The normalized spacial score (nSPS) is 10.4. The minimum atomic E-state index is -0.0854. The van der Waals surface area contributed by atoms with Gasteiger partial charge in [0, 0.05) is 22.3 Å². The molecular weight excluding hydrogens is 328 g/mol. The fraction of sp³-hybridized carbons (Fsp3) is 0.235. The number of aryl methyl sites for hydroxylation is 1. The van der Waals surface area contributed by atoms with E-state index in [0.717, 1.165) is 34.4 Å². The van der Waals surface area contributed by atoms with Crippen molar-refractivity contribution >= 4 is 27.5 Å². The first-order chi connectivity index (χ1) is 10.1. The number of halogens is 1. The van der Waals surface area contributed by atoms with Gasteiger partial charge in [0.25, 0.3) is 5.91 Å². The van der Waals surface area contributed by atoms with Crippen molar-refractivity contribution in [2.75, 3.05) is 11.9 Å². The number of amides is 1. The smallest absolute Gasteiger partial charge is 0.255 e. The molecule has 0 atom stereocenters. The van der Waals surface area contributed by atoms with E-state index >= 15 is 0 Å². The van der Waals surface area contributed by atoms with Gasteiger partial charge in [0.1, 0.15) is 0 Å². The van der Waals surface area contributed by atoms with Crippen LogP contribution in [0.5, 0.6) is 0 Å². The quantitative estimate of drug-likeness (QED) is 0.854. The van der Waals surface area contributed by atoms with Crippen LogP contribution in [0.1, 0.15) is 28.4 Å². The van der Waals surface area contributed by atoms with Crippen LogP contribution in [0.4, 0.5) is 5.69 Å². The van der Waals surface area contributed by atoms with Gasteiger partial charge in [-0.05, 0) is 42.8 Å². The summed E-state index contributed by atoms with van der Waals surface area (Å²) in [7, 11) is 0. The van der Waals surface area contributed by atoms with Crippen LogP contribution >= 0.6 is 15.9 Å². The molecule has 4 heteroatoms. The van der Waals surface area contributed by atoms with Crippen LogP contribution in [-0.2, 0) is 6.54 Å². The van der Waals surface area contributed by atoms with E-state index in [1.165, 1.54) is 0 Å². The molecule has 0 aliphatic heterocycles. The van der Waals surface area contributed by atoms with E-state index < -0.39 is 0 Å². The zero-order chi connectivity index (χ0) is 15.2. The SMILES string of the molecule is CCNCc1ccccc1NC(=O)c1cc(Br)ccc1C. The fourth-order valence-electron chi connectivity index (χ4n) is 2.08. The Balaban J connectivity index is 2.21. The van der Waals surface area contributed by atoms with Gasteiger partial charge in [-0.2, -0.15) is 0 Å². The molecule has 0 saturated heterocycles. The Hall–Kier alpha value is -1.65. The van der Waals surface area contributed by atoms with E-state index in [2.05, 4.69) is 33.5 Å². The van der Waals surface area contributed by atoms with Crippen molar-refractivity contribution in [1.29, 1.82) is 0 Å². The molecule has 2 aromatic rings. The van der Waals surface area contributed by atoms with Crippen molar-refractivity contribution in [3.8, 4) is 0 Å². The Morgan fingerprint density at radius 3 is 2.71 bits per heavy atom. The van der Waals surface area contributed by atoms with Crippen molar-refractivity contribution < 1.29 is 4.79 Å². The van der Waals surface area contributed by atoms with Gasteiger partial charge in [0.05, 0.1) is 0 Å². The molecular formula is C17H19BrN2O. The summed E-state index contributed by atoms with van der Waals surface area (Å²) >= 11 is 3.41. The summed E-state index contributed by atoms with van der Waals surface area (Å²) in [5, 5.41) is 6.28. The van der Waals surface area contributed by atoms with Gasteiger partial charge in [-0.1, -0.05) is 47.1 Å². The van der Waals surface area contributed by atoms with E-state index in [0.29, 0.717) is 5.56 Å². The molecule has 3 nitrogen and oxygen atoms in total. The molecule has 0 bridgehead atoms. The highest BCUT2D eigenvalue weighted by atomic mass is 79.9. The molecule has 0 aliphatic rings. The van der Waals surface area contributed by atoms with Crippen molar-refractivity contribution in [2.45, 2.75) is 20.4 Å². The largest absolute Gasteiger partial charge is 0.322 e.